The molecule has 0 fully saturated rings. The minimum absolute atomic E-state index is 0.0907. The second-order valence-corrected chi connectivity index (χ2v) is 5.78. The van der Waals surface area contributed by atoms with E-state index in [1.54, 1.807) is 30.1 Å². The van der Waals surface area contributed by atoms with E-state index < -0.39 is 0 Å². The van der Waals surface area contributed by atoms with Crippen LogP contribution in [0.1, 0.15) is 23.7 Å². The van der Waals surface area contributed by atoms with Crippen LogP contribution in [-0.2, 0) is 0 Å². The van der Waals surface area contributed by atoms with Crippen molar-refractivity contribution in [3.05, 3.63) is 32.4 Å². The molecule has 19 heavy (non-hydrogen) atoms. The fourth-order valence-corrected chi connectivity index (χ4v) is 2.27. The molecular formula is C12H15ClIN3O2. The Labute approximate surface area is 130 Å². The minimum Gasteiger partial charge on any atom is -0.409 e. The lowest BCUT2D eigenvalue weighted by molar-refractivity contribution is 0.0746. The molecule has 5 nitrogen and oxygen atoms in total. The van der Waals surface area contributed by atoms with Gasteiger partial charge in [-0.3, -0.25) is 4.79 Å². The zero-order chi connectivity index (χ0) is 14.6. The number of benzene rings is 1. The van der Waals surface area contributed by atoms with Gasteiger partial charge in [0.2, 0.25) is 0 Å². The summed E-state index contributed by atoms with van der Waals surface area (Å²) in [6, 6.07) is 4.98. The van der Waals surface area contributed by atoms with E-state index in [9.17, 15) is 4.79 Å². The topological polar surface area (TPSA) is 78.9 Å². The van der Waals surface area contributed by atoms with Gasteiger partial charge in [0.25, 0.3) is 5.91 Å². The number of amides is 1. The van der Waals surface area contributed by atoms with Crippen LogP contribution in [0.4, 0.5) is 0 Å². The standard InChI is InChI=1S/C12H15ClIN3O2/c1-7(5-11(15)16-19)17(2)12(18)9-6-8(13)3-4-10(9)14/h3-4,6-7,19H,5H2,1-2H3,(H2,15,16). The van der Waals surface area contributed by atoms with E-state index in [1.807, 2.05) is 6.92 Å². The zero-order valence-electron chi connectivity index (χ0n) is 10.6. The summed E-state index contributed by atoms with van der Waals surface area (Å²) in [6.07, 6.45) is 0.301. The normalized spacial score (nSPS) is 13.2. The number of oxime groups is 1. The van der Waals surface area contributed by atoms with Crippen LogP contribution >= 0.6 is 34.2 Å². The number of rotatable bonds is 4. The largest absolute Gasteiger partial charge is 0.409 e. The molecule has 0 aliphatic carbocycles. The Kier molecular flexibility index (Phi) is 5.86. The van der Waals surface area contributed by atoms with Gasteiger partial charge in [-0.1, -0.05) is 16.8 Å². The van der Waals surface area contributed by atoms with Crippen molar-refractivity contribution in [2.45, 2.75) is 19.4 Å². The second-order valence-electron chi connectivity index (χ2n) is 4.18. The lowest BCUT2D eigenvalue weighted by Gasteiger charge is -2.25. The molecule has 0 aliphatic rings. The van der Waals surface area contributed by atoms with Crippen molar-refractivity contribution in [3.63, 3.8) is 0 Å². The van der Waals surface area contributed by atoms with Crippen molar-refractivity contribution >= 4 is 45.9 Å². The van der Waals surface area contributed by atoms with E-state index in [-0.39, 0.29) is 17.8 Å². The Morgan fingerprint density at radius 2 is 2.26 bits per heavy atom. The molecule has 1 aromatic carbocycles. The Morgan fingerprint density at radius 3 is 2.84 bits per heavy atom. The third-order valence-electron chi connectivity index (χ3n) is 2.77. The van der Waals surface area contributed by atoms with Gasteiger partial charge in [0.15, 0.2) is 0 Å². The highest BCUT2D eigenvalue weighted by atomic mass is 127. The summed E-state index contributed by atoms with van der Waals surface area (Å²) >= 11 is 7.99. The number of carbonyl (C=O) groups excluding carboxylic acids is 1. The van der Waals surface area contributed by atoms with Crippen LogP contribution < -0.4 is 5.73 Å². The molecule has 7 heteroatoms. The summed E-state index contributed by atoms with van der Waals surface area (Å²) in [5.41, 5.74) is 5.99. The van der Waals surface area contributed by atoms with E-state index in [0.717, 1.165) is 3.57 Å². The molecule has 1 rings (SSSR count). The van der Waals surface area contributed by atoms with Gasteiger partial charge in [-0.25, -0.2) is 0 Å². The first-order chi connectivity index (χ1) is 8.86. The number of halogens is 2. The van der Waals surface area contributed by atoms with E-state index in [0.29, 0.717) is 17.0 Å². The first-order valence-electron chi connectivity index (χ1n) is 5.55. The molecule has 1 unspecified atom stereocenters. The highest BCUT2D eigenvalue weighted by Crippen LogP contribution is 2.20. The lowest BCUT2D eigenvalue weighted by atomic mass is 10.1. The summed E-state index contributed by atoms with van der Waals surface area (Å²) in [4.78, 5) is 13.9. The SMILES string of the molecule is CC(C/C(N)=N/O)N(C)C(=O)c1cc(Cl)ccc1I. The molecule has 1 atom stereocenters. The number of hydrogen-bond acceptors (Lipinski definition) is 3. The lowest BCUT2D eigenvalue weighted by Crippen LogP contribution is -2.38. The third kappa shape index (κ3) is 4.24. The number of amidine groups is 1. The molecule has 0 spiro atoms. The van der Waals surface area contributed by atoms with Crippen LogP contribution in [0.5, 0.6) is 0 Å². The van der Waals surface area contributed by atoms with Crippen molar-refractivity contribution in [1.82, 2.24) is 4.90 Å². The smallest absolute Gasteiger partial charge is 0.254 e. The summed E-state index contributed by atoms with van der Waals surface area (Å²) in [7, 11) is 1.68. The molecule has 104 valence electrons. The van der Waals surface area contributed by atoms with Crippen molar-refractivity contribution < 1.29 is 10.0 Å². The Bertz CT molecular complexity index is 508. The predicted octanol–water partition coefficient (Wildman–Crippen LogP) is 2.54. The number of nitrogens with zero attached hydrogens (tertiary/aromatic N) is 2. The maximum absolute atomic E-state index is 12.3. The van der Waals surface area contributed by atoms with Gasteiger partial charge in [-0.2, -0.15) is 0 Å². The van der Waals surface area contributed by atoms with Crippen molar-refractivity contribution in [3.8, 4) is 0 Å². The molecule has 0 bridgehead atoms. The minimum atomic E-state index is -0.182. The van der Waals surface area contributed by atoms with Crippen LogP contribution in [0.3, 0.4) is 0 Å². The number of carbonyl (C=O) groups is 1. The Morgan fingerprint density at radius 1 is 1.63 bits per heavy atom. The monoisotopic (exact) mass is 395 g/mol. The summed E-state index contributed by atoms with van der Waals surface area (Å²) in [5.74, 6) is -0.0573. The highest BCUT2D eigenvalue weighted by Gasteiger charge is 2.20. The summed E-state index contributed by atoms with van der Waals surface area (Å²) in [5, 5.41) is 12.0. The average molecular weight is 396 g/mol. The van der Waals surface area contributed by atoms with Gasteiger partial charge in [-0.15, -0.1) is 0 Å². The van der Waals surface area contributed by atoms with Gasteiger partial charge < -0.3 is 15.8 Å². The van der Waals surface area contributed by atoms with Crippen LogP contribution in [0.15, 0.2) is 23.4 Å². The fraction of sp³-hybridized carbons (Fsp3) is 0.333. The van der Waals surface area contributed by atoms with E-state index in [4.69, 9.17) is 22.5 Å². The molecular weight excluding hydrogens is 381 g/mol. The summed E-state index contributed by atoms with van der Waals surface area (Å²) < 4.78 is 0.829. The maximum Gasteiger partial charge on any atom is 0.254 e. The van der Waals surface area contributed by atoms with Gasteiger partial charge >= 0.3 is 0 Å². The molecule has 0 radical (unpaired) electrons. The molecule has 1 amide bonds. The van der Waals surface area contributed by atoms with Crippen LogP contribution in [0, 0.1) is 3.57 Å². The van der Waals surface area contributed by atoms with Crippen molar-refractivity contribution in [2.75, 3.05) is 7.05 Å². The molecule has 0 saturated carbocycles. The fourth-order valence-electron chi connectivity index (χ4n) is 1.53. The highest BCUT2D eigenvalue weighted by molar-refractivity contribution is 14.1. The van der Waals surface area contributed by atoms with Crippen molar-refractivity contribution in [1.29, 1.82) is 0 Å². The van der Waals surface area contributed by atoms with Crippen LogP contribution in [-0.4, -0.2) is 34.9 Å². The number of nitrogens with two attached hydrogens (primary N) is 1. The quantitative estimate of drug-likeness (QED) is 0.270. The van der Waals surface area contributed by atoms with E-state index in [2.05, 4.69) is 27.7 Å². The molecule has 0 heterocycles. The van der Waals surface area contributed by atoms with Crippen LogP contribution in [0.2, 0.25) is 5.02 Å². The first kappa shape index (κ1) is 16.0. The van der Waals surface area contributed by atoms with Gasteiger partial charge in [0.05, 0.1) is 5.56 Å². The van der Waals surface area contributed by atoms with E-state index in [1.165, 1.54) is 0 Å². The summed E-state index contributed by atoms with van der Waals surface area (Å²) in [6.45, 7) is 1.83. The van der Waals surface area contributed by atoms with Crippen molar-refractivity contribution in [2.24, 2.45) is 10.9 Å². The molecule has 0 aromatic heterocycles. The molecule has 0 aliphatic heterocycles. The molecule has 3 N–H and O–H groups in total. The third-order valence-corrected chi connectivity index (χ3v) is 3.95. The molecule has 0 saturated heterocycles. The predicted molar refractivity (Wildman–Crippen MR) is 83.8 cm³/mol. The van der Waals surface area contributed by atoms with E-state index >= 15 is 0 Å². The second kappa shape index (κ2) is 6.95. The van der Waals surface area contributed by atoms with Gasteiger partial charge in [0.1, 0.15) is 5.84 Å². The maximum atomic E-state index is 12.3. The molecule has 1 aromatic rings. The van der Waals surface area contributed by atoms with Gasteiger partial charge in [-0.05, 0) is 47.7 Å². The van der Waals surface area contributed by atoms with Gasteiger partial charge in [0, 0.05) is 28.1 Å². The zero-order valence-corrected chi connectivity index (χ0v) is 13.5. The Hall–Kier alpha value is -1.02. The average Bonchev–Trinajstić information content (AvgIpc) is 2.39. The van der Waals surface area contributed by atoms with Crippen LogP contribution in [0.25, 0.3) is 0 Å². The Balaban J connectivity index is 2.90. The number of hydrogen-bond donors (Lipinski definition) is 2. The first-order valence-corrected chi connectivity index (χ1v) is 7.01.